The summed E-state index contributed by atoms with van der Waals surface area (Å²) in [5.74, 6) is -1.53. The van der Waals surface area contributed by atoms with Crippen molar-refractivity contribution >= 4 is 33.4 Å². The van der Waals surface area contributed by atoms with Crippen molar-refractivity contribution in [2.75, 3.05) is 11.9 Å². The summed E-state index contributed by atoms with van der Waals surface area (Å²) in [6.45, 7) is 3.49. The molecular formula is C12H15BrN2O3. The van der Waals surface area contributed by atoms with Gasteiger partial charge in [0.25, 0.3) is 0 Å². The van der Waals surface area contributed by atoms with Crippen molar-refractivity contribution < 1.29 is 14.7 Å². The van der Waals surface area contributed by atoms with Gasteiger partial charge in [-0.2, -0.15) is 0 Å². The lowest BCUT2D eigenvalue weighted by Crippen LogP contribution is -2.38. The van der Waals surface area contributed by atoms with Crippen LogP contribution in [0, 0.1) is 6.92 Å². The zero-order valence-electron chi connectivity index (χ0n) is 10.2. The summed E-state index contributed by atoms with van der Waals surface area (Å²) in [6, 6.07) is 5.25. The summed E-state index contributed by atoms with van der Waals surface area (Å²) >= 11 is 3.34. The van der Waals surface area contributed by atoms with Crippen molar-refractivity contribution in [2.45, 2.75) is 20.0 Å². The fraction of sp³-hybridized carbons (Fsp3) is 0.333. The minimum Gasteiger partial charge on any atom is -0.392 e. The second-order valence-electron chi connectivity index (χ2n) is 3.98. The Kier molecular flexibility index (Phi) is 5.30. The Balaban J connectivity index is 2.58. The van der Waals surface area contributed by atoms with E-state index >= 15 is 0 Å². The SMILES string of the molecule is Cc1ccc(NC(=O)C(=O)NCC(C)O)cc1Br. The van der Waals surface area contributed by atoms with E-state index in [1.54, 1.807) is 12.1 Å². The van der Waals surface area contributed by atoms with Gasteiger partial charge in [0.15, 0.2) is 0 Å². The molecule has 3 N–H and O–H groups in total. The highest BCUT2D eigenvalue weighted by atomic mass is 79.9. The number of benzene rings is 1. The lowest BCUT2D eigenvalue weighted by molar-refractivity contribution is -0.136. The molecule has 1 atom stereocenters. The van der Waals surface area contributed by atoms with Crippen LogP contribution in [0.4, 0.5) is 5.69 Å². The van der Waals surface area contributed by atoms with Crippen LogP contribution in [0.3, 0.4) is 0 Å². The molecule has 0 radical (unpaired) electrons. The van der Waals surface area contributed by atoms with Gasteiger partial charge in [-0.3, -0.25) is 9.59 Å². The van der Waals surface area contributed by atoms with E-state index in [9.17, 15) is 9.59 Å². The van der Waals surface area contributed by atoms with E-state index < -0.39 is 17.9 Å². The number of nitrogens with one attached hydrogen (secondary N) is 2. The molecule has 0 spiro atoms. The van der Waals surface area contributed by atoms with E-state index in [1.807, 2.05) is 13.0 Å². The summed E-state index contributed by atoms with van der Waals surface area (Å²) in [5.41, 5.74) is 1.57. The van der Waals surface area contributed by atoms with Crippen LogP contribution in [0.25, 0.3) is 0 Å². The van der Waals surface area contributed by atoms with Gasteiger partial charge < -0.3 is 15.7 Å². The van der Waals surface area contributed by atoms with Crippen LogP contribution in [0.15, 0.2) is 22.7 Å². The van der Waals surface area contributed by atoms with Crippen LogP contribution in [-0.4, -0.2) is 29.6 Å². The van der Waals surface area contributed by atoms with E-state index in [1.165, 1.54) is 6.92 Å². The van der Waals surface area contributed by atoms with Gasteiger partial charge in [0.2, 0.25) is 0 Å². The van der Waals surface area contributed by atoms with Crippen molar-refractivity contribution in [2.24, 2.45) is 0 Å². The highest BCUT2D eigenvalue weighted by Crippen LogP contribution is 2.20. The molecule has 0 aliphatic heterocycles. The number of halogens is 1. The number of aliphatic hydroxyl groups excluding tert-OH is 1. The monoisotopic (exact) mass is 314 g/mol. The van der Waals surface area contributed by atoms with Gasteiger partial charge in [0.05, 0.1) is 6.10 Å². The molecule has 1 rings (SSSR count). The van der Waals surface area contributed by atoms with Crippen molar-refractivity contribution in [3.63, 3.8) is 0 Å². The average molecular weight is 315 g/mol. The number of hydrogen-bond donors (Lipinski definition) is 3. The highest BCUT2D eigenvalue weighted by Gasteiger charge is 2.14. The first kappa shape index (κ1) is 14.7. The molecule has 0 aromatic heterocycles. The van der Waals surface area contributed by atoms with Gasteiger partial charge in [-0.25, -0.2) is 0 Å². The fourth-order valence-electron chi connectivity index (χ4n) is 1.18. The Hall–Kier alpha value is -1.40. The van der Waals surface area contributed by atoms with Gasteiger partial charge in [-0.05, 0) is 31.5 Å². The quantitative estimate of drug-likeness (QED) is 0.733. The van der Waals surface area contributed by atoms with Crippen LogP contribution < -0.4 is 10.6 Å². The topological polar surface area (TPSA) is 78.4 Å². The number of carbonyl (C=O) groups is 2. The van der Waals surface area contributed by atoms with Crippen molar-refractivity contribution in [1.82, 2.24) is 5.32 Å². The number of amides is 2. The third-order valence-corrected chi connectivity index (χ3v) is 3.05. The van der Waals surface area contributed by atoms with Crippen LogP contribution in [-0.2, 0) is 9.59 Å². The first-order chi connectivity index (χ1) is 8.40. The molecule has 98 valence electrons. The number of aliphatic hydroxyl groups is 1. The summed E-state index contributed by atoms with van der Waals surface area (Å²) in [6.07, 6.45) is -0.685. The lowest BCUT2D eigenvalue weighted by atomic mass is 10.2. The Morgan fingerprint density at radius 3 is 2.61 bits per heavy atom. The molecule has 6 heteroatoms. The number of hydrogen-bond acceptors (Lipinski definition) is 3. The minimum absolute atomic E-state index is 0.0455. The average Bonchev–Trinajstić information content (AvgIpc) is 2.30. The molecule has 0 saturated heterocycles. The molecule has 1 aromatic rings. The maximum Gasteiger partial charge on any atom is 0.313 e. The van der Waals surface area contributed by atoms with E-state index in [0.29, 0.717) is 5.69 Å². The molecule has 0 fully saturated rings. The number of aryl methyl sites for hydroxylation is 1. The summed E-state index contributed by atoms with van der Waals surface area (Å²) < 4.78 is 0.852. The second-order valence-corrected chi connectivity index (χ2v) is 4.83. The molecule has 0 aliphatic rings. The van der Waals surface area contributed by atoms with Gasteiger partial charge in [-0.1, -0.05) is 22.0 Å². The Bertz CT molecular complexity index is 461. The Labute approximate surface area is 114 Å². The molecule has 1 unspecified atom stereocenters. The van der Waals surface area contributed by atoms with Gasteiger partial charge in [0.1, 0.15) is 0 Å². The Morgan fingerprint density at radius 1 is 1.39 bits per heavy atom. The third-order valence-electron chi connectivity index (χ3n) is 2.19. The predicted molar refractivity (Wildman–Crippen MR) is 72.2 cm³/mol. The molecule has 0 heterocycles. The van der Waals surface area contributed by atoms with Crippen LogP contribution in [0.1, 0.15) is 12.5 Å². The van der Waals surface area contributed by atoms with Gasteiger partial charge in [0, 0.05) is 16.7 Å². The summed E-state index contributed by atoms with van der Waals surface area (Å²) in [5, 5.41) is 13.8. The predicted octanol–water partition coefficient (Wildman–Crippen LogP) is 1.19. The molecule has 18 heavy (non-hydrogen) atoms. The molecule has 5 nitrogen and oxygen atoms in total. The Morgan fingerprint density at radius 2 is 2.06 bits per heavy atom. The van der Waals surface area contributed by atoms with Crippen molar-refractivity contribution in [3.05, 3.63) is 28.2 Å². The van der Waals surface area contributed by atoms with E-state index in [-0.39, 0.29) is 6.54 Å². The van der Waals surface area contributed by atoms with Gasteiger partial charge in [-0.15, -0.1) is 0 Å². The first-order valence-electron chi connectivity index (χ1n) is 5.43. The number of carbonyl (C=O) groups excluding carboxylic acids is 2. The van der Waals surface area contributed by atoms with E-state index in [4.69, 9.17) is 5.11 Å². The normalized spacial score (nSPS) is 11.8. The van der Waals surface area contributed by atoms with E-state index in [2.05, 4.69) is 26.6 Å². The summed E-state index contributed by atoms with van der Waals surface area (Å²) in [7, 11) is 0. The van der Waals surface area contributed by atoms with Crippen LogP contribution in [0.2, 0.25) is 0 Å². The summed E-state index contributed by atoms with van der Waals surface area (Å²) in [4.78, 5) is 22.9. The largest absolute Gasteiger partial charge is 0.392 e. The van der Waals surface area contributed by atoms with Gasteiger partial charge >= 0.3 is 11.8 Å². The first-order valence-corrected chi connectivity index (χ1v) is 6.23. The van der Waals surface area contributed by atoms with Crippen LogP contribution >= 0.6 is 15.9 Å². The smallest absolute Gasteiger partial charge is 0.313 e. The number of rotatable bonds is 3. The zero-order chi connectivity index (χ0) is 13.7. The molecule has 2 amide bonds. The van der Waals surface area contributed by atoms with Crippen molar-refractivity contribution in [3.8, 4) is 0 Å². The minimum atomic E-state index is -0.771. The second kappa shape index (κ2) is 6.51. The van der Waals surface area contributed by atoms with Crippen LogP contribution in [0.5, 0.6) is 0 Å². The standard InChI is InChI=1S/C12H15BrN2O3/c1-7-3-4-9(5-10(7)13)15-12(18)11(17)14-6-8(2)16/h3-5,8,16H,6H2,1-2H3,(H,14,17)(H,15,18). The highest BCUT2D eigenvalue weighted by molar-refractivity contribution is 9.10. The number of anilines is 1. The third kappa shape index (κ3) is 4.46. The fourth-order valence-corrected chi connectivity index (χ4v) is 1.56. The molecule has 0 saturated carbocycles. The molecule has 0 aliphatic carbocycles. The molecule has 1 aromatic carbocycles. The molecule has 0 bridgehead atoms. The van der Waals surface area contributed by atoms with E-state index in [0.717, 1.165) is 10.0 Å². The maximum atomic E-state index is 11.5. The lowest BCUT2D eigenvalue weighted by Gasteiger charge is -2.08. The van der Waals surface area contributed by atoms with Crippen molar-refractivity contribution in [1.29, 1.82) is 0 Å². The molecular weight excluding hydrogens is 300 g/mol. The zero-order valence-corrected chi connectivity index (χ0v) is 11.7. The maximum absolute atomic E-state index is 11.5.